The lowest BCUT2D eigenvalue weighted by molar-refractivity contribution is -0.137. The number of rotatable bonds is 9. The van der Waals surface area contributed by atoms with E-state index in [0.29, 0.717) is 39.6 Å². The number of alkyl halides is 3. The zero-order valence-electron chi connectivity index (χ0n) is 36.4. The summed E-state index contributed by atoms with van der Waals surface area (Å²) in [7, 11) is -2.89. The summed E-state index contributed by atoms with van der Waals surface area (Å²) in [6.07, 6.45) is -4.51. The summed E-state index contributed by atoms with van der Waals surface area (Å²) >= 11 is 0. The van der Waals surface area contributed by atoms with Gasteiger partial charge in [0.05, 0.1) is 22.3 Å². The number of aryl methyl sites for hydroxylation is 1. The molecule has 0 spiro atoms. The Hall–Kier alpha value is -8.20. The Morgan fingerprint density at radius 2 is 0.836 bits per heavy atom. The molecule has 0 saturated carbocycles. The van der Waals surface area contributed by atoms with E-state index in [0.717, 1.165) is 44.8 Å². The Bertz CT molecular complexity index is 3410. The van der Waals surface area contributed by atoms with Crippen LogP contribution < -0.4 is 20.7 Å². The monoisotopic (exact) mass is 890 g/mol. The second-order valence-corrected chi connectivity index (χ2v) is 20.6. The molecule has 11 aromatic rings. The predicted octanol–water partition coefficient (Wildman–Crippen LogP) is 12.3. The van der Waals surface area contributed by atoms with E-state index >= 15 is 0 Å². The first kappa shape index (κ1) is 41.5. The predicted molar refractivity (Wildman–Crippen MR) is 269 cm³/mol. The van der Waals surface area contributed by atoms with Crippen molar-refractivity contribution < 1.29 is 13.2 Å². The van der Waals surface area contributed by atoms with Gasteiger partial charge in [-0.15, -0.1) is 0 Å². The summed E-state index contributed by atoms with van der Waals surface area (Å²) < 4.78 is 45.1. The van der Waals surface area contributed by atoms with Gasteiger partial charge in [0.2, 0.25) is 0 Å². The van der Waals surface area contributed by atoms with Crippen molar-refractivity contribution in [1.29, 1.82) is 0 Å². The van der Waals surface area contributed by atoms with E-state index in [1.54, 1.807) is 6.07 Å². The van der Waals surface area contributed by atoms with Gasteiger partial charge in [0.1, 0.15) is 0 Å². The van der Waals surface area contributed by atoms with Crippen LogP contribution in [-0.4, -0.2) is 27.6 Å². The van der Waals surface area contributed by atoms with Gasteiger partial charge in [0, 0.05) is 27.5 Å². The first-order valence-corrected chi connectivity index (χ1v) is 24.2. The van der Waals surface area contributed by atoms with Gasteiger partial charge in [0.15, 0.2) is 25.5 Å². The summed E-state index contributed by atoms with van der Waals surface area (Å²) in [6, 6.07) is 77.2. The van der Waals surface area contributed by atoms with E-state index in [-0.39, 0.29) is 0 Å². The van der Waals surface area contributed by atoms with Crippen LogP contribution in [0.5, 0.6) is 0 Å². The van der Waals surface area contributed by atoms with Crippen LogP contribution in [0.3, 0.4) is 0 Å². The maximum atomic E-state index is 14.3. The van der Waals surface area contributed by atoms with E-state index in [1.807, 2.05) is 90.4 Å². The highest BCUT2D eigenvalue weighted by atomic mass is 28.3. The van der Waals surface area contributed by atoms with Crippen molar-refractivity contribution in [3.63, 3.8) is 0 Å². The second kappa shape index (κ2) is 17.0. The summed E-state index contributed by atoms with van der Waals surface area (Å²) in [5, 5.41) is 6.24. The molecular formula is C59H41F3N4Si. The first-order valence-electron chi connectivity index (χ1n) is 22.2. The standard InChI is InChI=1S/C59H41F3N4Si/c1-40-30-33-53-50(36-40)51-39-45(59(60,61)62)32-35-54(51)66(53)55-34-31-44(38-52(55)58-64-56(41-18-7-2-8-19-41)63-57(65-58)42-20-9-3-10-21-42)43-22-17-29-49(37-43)67(46-23-11-4-12-24-46,47-25-13-5-14-26-47)48-27-15-6-16-28-48/h2-39H,1H3. The van der Waals surface area contributed by atoms with Crippen molar-refractivity contribution in [2.75, 3.05) is 0 Å². The Morgan fingerprint density at radius 1 is 0.388 bits per heavy atom. The van der Waals surface area contributed by atoms with E-state index < -0.39 is 19.8 Å². The van der Waals surface area contributed by atoms with Crippen LogP contribution in [0.25, 0.3) is 72.8 Å². The van der Waals surface area contributed by atoms with Gasteiger partial charge in [-0.1, -0.05) is 194 Å². The van der Waals surface area contributed by atoms with Crippen molar-refractivity contribution in [1.82, 2.24) is 19.5 Å². The largest absolute Gasteiger partial charge is 0.416 e. The van der Waals surface area contributed by atoms with E-state index in [9.17, 15) is 13.2 Å². The number of halogens is 3. The summed E-state index contributed by atoms with van der Waals surface area (Å²) in [6.45, 7) is 1.95. The molecule has 8 heteroatoms. The molecule has 0 atom stereocenters. The summed E-state index contributed by atoms with van der Waals surface area (Å²) in [5.41, 5.74) is 6.62. The molecule has 2 heterocycles. The molecule has 0 aliphatic rings. The number of hydrogen-bond acceptors (Lipinski definition) is 3. The zero-order valence-corrected chi connectivity index (χ0v) is 37.4. The fourth-order valence-electron chi connectivity index (χ4n) is 9.59. The summed E-state index contributed by atoms with van der Waals surface area (Å²) in [5.74, 6) is 1.43. The van der Waals surface area contributed by atoms with Gasteiger partial charge in [-0.2, -0.15) is 13.2 Å². The van der Waals surface area contributed by atoms with Crippen molar-refractivity contribution in [3.05, 3.63) is 242 Å². The number of nitrogens with zero attached hydrogens (tertiary/aromatic N) is 4. The van der Waals surface area contributed by atoms with Crippen LogP contribution in [0, 0.1) is 6.92 Å². The normalized spacial score (nSPS) is 11.9. The van der Waals surface area contributed by atoms with Gasteiger partial charge >= 0.3 is 6.18 Å². The topological polar surface area (TPSA) is 43.6 Å². The van der Waals surface area contributed by atoms with Crippen LogP contribution >= 0.6 is 0 Å². The molecule has 67 heavy (non-hydrogen) atoms. The Kier molecular flexibility index (Phi) is 10.5. The Morgan fingerprint density at radius 3 is 1.37 bits per heavy atom. The van der Waals surface area contributed by atoms with E-state index in [1.165, 1.54) is 26.8 Å². The van der Waals surface area contributed by atoms with Crippen LogP contribution in [0.2, 0.25) is 0 Å². The van der Waals surface area contributed by atoms with E-state index in [4.69, 9.17) is 15.0 Å². The van der Waals surface area contributed by atoms with E-state index in [2.05, 4.69) is 133 Å². The third-order valence-electron chi connectivity index (χ3n) is 12.7. The maximum Gasteiger partial charge on any atom is 0.416 e. The van der Waals surface area contributed by atoms with Gasteiger partial charge < -0.3 is 4.57 Å². The van der Waals surface area contributed by atoms with Crippen LogP contribution in [0.4, 0.5) is 13.2 Å². The average molecular weight is 891 g/mol. The SMILES string of the molecule is Cc1ccc2c(c1)c1cc(C(F)(F)F)ccc1n2-c1ccc(-c2cccc([Si](c3ccccc3)(c3ccccc3)c3ccccc3)c2)cc1-c1nc(-c2ccccc2)nc(-c2ccccc2)n1. The van der Waals surface area contributed by atoms with Crippen molar-refractivity contribution in [2.45, 2.75) is 13.1 Å². The van der Waals surface area contributed by atoms with Crippen molar-refractivity contribution in [2.24, 2.45) is 0 Å². The smallest absolute Gasteiger partial charge is 0.309 e. The van der Waals surface area contributed by atoms with Crippen molar-refractivity contribution in [3.8, 4) is 51.0 Å². The van der Waals surface area contributed by atoms with Crippen LogP contribution in [0.1, 0.15) is 11.1 Å². The lowest BCUT2D eigenvalue weighted by atomic mass is 10.0. The molecular weight excluding hydrogens is 850 g/mol. The second-order valence-electron chi connectivity index (χ2n) is 16.8. The Labute approximate surface area is 387 Å². The molecule has 2 aromatic heterocycles. The lowest BCUT2D eigenvalue weighted by Gasteiger charge is -2.34. The van der Waals surface area contributed by atoms with Crippen LogP contribution in [0.15, 0.2) is 231 Å². The van der Waals surface area contributed by atoms with Gasteiger partial charge in [-0.3, -0.25) is 0 Å². The summed E-state index contributed by atoms with van der Waals surface area (Å²) in [4.78, 5) is 15.5. The lowest BCUT2D eigenvalue weighted by Crippen LogP contribution is -2.74. The highest BCUT2D eigenvalue weighted by molar-refractivity contribution is 7.19. The first-order chi connectivity index (χ1) is 32.8. The highest BCUT2D eigenvalue weighted by Crippen LogP contribution is 2.41. The molecule has 4 nitrogen and oxygen atoms in total. The van der Waals surface area contributed by atoms with Gasteiger partial charge in [-0.05, 0) is 81.3 Å². The highest BCUT2D eigenvalue weighted by Gasteiger charge is 2.41. The Balaban J connectivity index is 1.20. The molecule has 0 aliphatic heterocycles. The maximum absolute atomic E-state index is 14.3. The number of hydrogen-bond donors (Lipinski definition) is 0. The third-order valence-corrected chi connectivity index (χ3v) is 17.5. The molecule has 0 unspecified atom stereocenters. The van der Waals surface area contributed by atoms with Gasteiger partial charge in [0.25, 0.3) is 0 Å². The minimum absolute atomic E-state index is 0.427. The average Bonchev–Trinajstić information content (AvgIpc) is 3.70. The number of aromatic nitrogens is 4. The molecule has 0 N–H and O–H groups in total. The zero-order chi connectivity index (χ0) is 45.5. The molecule has 0 aliphatic carbocycles. The van der Waals surface area contributed by atoms with Crippen LogP contribution in [-0.2, 0) is 6.18 Å². The molecule has 11 rings (SSSR count). The molecule has 9 aromatic carbocycles. The number of benzene rings is 9. The number of fused-ring (bicyclic) bond motifs is 3. The fraction of sp³-hybridized carbons (Fsp3) is 0.0339. The molecule has 0 radical (unpaired) electrons. The quantitative estimate of drug-likeness (QED) is 0.107. The molecule has 0 fully saturated rings. The third kappa shape index (κ3) is 7.51. The fourth-order valence-corrected chi connectivity index (χ4v) is 14.4. The van der Waals surface area contributed by atoms with Gasteiger partial charge in [-0.25, -0.2) is 15.0 Å². The molecule has 0 saturated heterocycles. The molecule has 0 amide bonds. The minimum atomic E-state index is -4.51. The van der Waals surface area contributed by atoms with Crippen molar-refractivity contribution >= 4 is 50.6 Å². The molecule has 322 valence electrons. The minimum Gasteiger partial charge on any atom is -0.309 e. The molecule has 0 bridgehead atoms.